The third kappa shape index (κ3) is 4.11. The molecule has 0 saturated heterocycles. The first-order valence-corrected chi connectivity index (χ1v) is 8.74. The highest BCUT2D eigenvalue weighted by Gasteiger charge is 2.12. The van der Waals surface area contributed by atoms with Gasteiger partial charge in [-0.2, -0.15) is 0 Å². The molecule has 110 valence electrons. The molecule has 0 fully saturated rings. The van der Waals surface area contributed by atoms with Crippen molar-refractivity contribution in [2.24, 2.45) is 0 Å². The van der Waals surface area contributed by atoms with Crippen molar-refractivity contribution in [3.8, 4) is 0 Å². The highest BCUT2D eigenvalue weighted by molar-refractivity contribution is 9.10. The van der Waals surface area contributed by atoms with E-state index in [1.807, 2.05) is 32.0 Å². The SMILES string of the molecule is CSc1ccc(C(C)NC(=O)c2ccc(C)c(Br)c2)cc1. The molecule has 1 unspecified atom stereocenters. The van der Waals surface area contributed by atoms with Crippen LogP contribution in [0.2, 0.25) is 0 Å². The summed E-state index contributed by atoms with van der Waals surface area (Å²) in [5.41, 5.74) is 2.89. The molecular formula is C17H18BrNOS. The Morgan fingerprint density at radius 2 is 1.86 bits per heavy atom. The smallest absolute Gasteiger partial charge is 0.251 e. The number of hydrogen-bond acceptors (Lipinski definition) is 2. The van der Waals surface area contributed by atoms with E-state index >= 15 is 0 Å². The Morgan fingerprint density at radius 1 is 1.19 bits per heavy atom. The van der Waals surface area contributed by atoms with Crippen LogP contribution in [0.15, 0.2) is 51.8 Å². The molecule has 0 aromatic heterocycles. The van der Waals surface area contributed by atoms with Gasteiger partial charge in [0.1, 0.15) is 0 Å². The lowest BCUT2D eigenvalue weighted by molar-refractivity contribution is 0.0940. The quantitative estimate of drug-likeness (QED) is 0.776. The third-order valence-electron chi connectivity index (χ3n) is 3.40. The number of amides is 1. The van der Waals surface area contributed by atoms with E-state index in [-0.39, 0.29) is 11.9 Å². The van der Waals surface area contributed by atoms with E-state index in [4.69, 9.17) is 0 Å². The van der Waals surface area contributed by atoms with Crippen molar-refractivity contribution in [3.05, 3.63) is 63.6 Å². The number of rotatable bonds is 4. The second-order valence-corrected chi connectivity index (χ2v) is 6.67. The van der Waals surface area contributed by atoms with Crippen molar-refractivity contribution in [3.63, 3.8) is 0 Å². The van der Waals surface area contributed by atoms with Gasteiger partial charge in [-0.1, -0.05) is 34.1 Å². The Labute approximate surface area is 138 Å². The summed E-state index contributed by atoms with van der Waals surface area (Å²) in [4.78, 5) is 13.5. The van der Waals surface area contributed by atoms with Gasteiger partial charge in [-0.25, -0.2) is 0 Å². The predicted octanol–water partition coefficient (Wildman–Crippen LogP) is 4.97. The summed E-state index contributed by atoms with van der Waals surface area (Å²) in [6.45, 7) is 4.00. The summed E-state index contributed by atoms with van der Waals surface area (Å²) in [6.07, 6.45) is 2.05. The van der Waals surface area contributed by atoms with Gasteiger partial charge in [-0.15, -0.1) is 11.8 Å². The standard InChI is InChI=1S/C17H18BrNOS/c1-11-4-5-14(10-16(11)18)17(20)19-12(2)13-6-8-15(21-3)9-7-13/h4-10,12H,1-3H3,(H,19,20). The van der Waals surface area contributed by atoms with Crippen LogP contribution in [0.1, 0.15) is 34.5 Å². The maximum absolute atomic E-state index is 12.3. The van der Waals surface area contributed by atoms with Crippen LogP contribution in [0.3, 0.4) is 0 Å². The Balaban J connectivity index is 2.08. The number of halogens is 1. The molecule has 0 aliphatic rings. The average Bonchev–Trinajstić information content (AvgIpc) is 2.50. The first-order chi connectivity index (χ1) is 10.0. The van der Waals surface area contributed by atoms with E-state index in [2.05, 4.69) is 51.8 Å². The highest BCUT2D eigenvalue weighted by Crippen LogP contribution is 2.20. The number of benzene rings is 2. The van der Waals surface area contributed by atoms with E-state index < -0.39 is 0 Å². The molecule has 2 rings (SSSR count). The molecule has 21 heavy (non-hydrogen) atoms. The summed E-state index contributed by atoms with van der Waals surface area (Å²) in [5, 5.41) is 3.03. The van der Waals surface area contributed by atoms with E-state index in [0.29, 0.717) is 5.56 Å². The maximum Gasteiger partial charge on any atom is 0.251 e. The second-order valence-electron chi connectivity index (χ2n) is 4.93. The number of nitrogens with one attached hydrogen (secondary N) is 1. The molecule has 2 aromatic carbocycles. The van der Waals surface area contributed by atoms with Gasteiger partial charge in [-0.05, 0) is 55.5 Å². The molecule has 0 aliphatic heterocycles. The van der Waals surface area contributed by atoms with Gasteiger partial charge in [0.2, 0.25) is 0 Å². The largest absolute Gasteiger partial charge is 0.346 e. The molecule has 4 heteroatoms. The molecule has 0 aliphatic carbocycles. The van der Waals surface area contributed by atoms with Crippen LogP contribution in [-0.4, -0.2) is 12.2 Å². The van der Waals surface area contributed by atoms with Crippen molar-refractivity contribution < 1.29 is 4.79 Å². The normalized spacial score (nSPS) is 12.0. The van der Waals surface area contributed by atoms with Crippen LogP contribution in [-0.2, 0) is 0 Å². The number of thioether (sulfide) groups is 1. The zero-order valence-electron chi connectivity index (χ0n) is 12.3. The predicted molar refractivity (Wildman–Crippen MR) is 93.0 cm³/mol. The van der Waals surface area contributed by atoms with Crippen molar-refractivity contribution in [2.75, 3.05) is 6.26 Å². The topological polar surface area (TPSA) is 29.1 Å². The molecular weight excluding hydrogens is 346 g/mol. The highest BCUT2D eigenvalue weighted by atomic mass is 79.9. The number of aryl methyl sites for hydroxylation is 1. The van der Waals surface area contributed by atoms with Crippen molar-refractivity contribution >= 4 is 33.6 Å². The van der Waals surface area contributed by atoms with Gasteiger partial charge < -0.3 is 5.32 Å². The van der Waals surface area contributed by atoms with Crippen LogP contribution >= 0.6 is 27.7 Å². The van der Waals surface area contributed by atoms with Crippen LogP contribution < -0.4 is 5.32 Å². The zero-order valence-corrected chi connectivity index (χ0v) is 14.7. The monoisotopic (exact) mass is 363 g/mol. The summed E-state index contributed by atoms with van der Waals surface area (Å²) in [6, 6.07) is 13.9. The van der Waals surface area contributed by atoms with Gasteiger partial charge >= 0.3 is 0 Å². The first-order valence-electron chi connectivity index (χ1n) is 6.72. The molecule has 1 amide bonds. The Bertz CT molecular complexity index is 640. The second kappa shape index (κ2) is 7.14. The van der Waals surface area contributed by atoms with Crippen molar-refractivity contribution in [1.29, 1.82) is 0 Å². The number of hydrogen-bond donors (Lipinski definition) is 1. The van der Waals surface area contributed by atoms with Gasteiger partial charge in [0, 0.05) is 14.9 Å². The lowest BCUT2D eigenvalue weighted by Crippen LogP contribution is -2.26. The van der Waals surface area contributed by atoms with Crippen LogP contribution in [0.4, 0.5) is 0 Å². The summed E-state index contributed by atoms with van der Waals surface area (Å²) in [7, 11) is 0. The lowest BCUT2D eigenvalue weighted by atomic mass is 10.1. The van der Waals surface area contributed by atoms with E-state index in [0.717, 1.165) is 15.6 Å². The third-order valence-corrected chi connectivity index (χ3v) is 5.00. The fraction of sp³-hybridized carbons (Fsp3) is 0.235. The minimum atomic E-state index is -0.0582. The van der Waals surface area contributed by atoms with Crippen molar-refractivity contribution in [1.82, 2.24) is 5.32 Å². The maximum atomic E-state index is 12.3. The van der Waals surface area contributed by atoms with E-state index in [1.54, 1.807) is 11.8 Å². The Hall–Kier alpha value is -1.26. The molecule has 0 saturated carbocycles. The number of carbonyl (C=O) groups is 1. The van der Waals surface area contributed by atoms with E-state index in [1.165, 1.54) is 4.90 Å². The molecule has 2 nitrogen and oxygen atoms in total. The molecule has 1 N–H and O–H groups in total. The molecule has 0 spiro atoms. The number of carbonyl (C=O) groups excluding carboxylic acids is 1. The van der Waals surface area contributed by atoms with Crippen molar-refractivity contribution in [2.45, 2.75) is 24.8 Å². The van der Waals surface area contributed by atoms with E-state index in [9.17, 15) is 4.79 Å². The minimum absolute atomic E-state index is 0.0199. The van der Waals surface area contributed by atoms with Gasteiger partial charge in [0.25, 0.3) is 5.91 Å². The van der Waals surface area contributed by atoms with Gasteiger partial charge in [-0.3, -0.25) is 4.79 Å². The fourth-order valence-corrected chi connectivity index (χ4v) is 2.78. The van der Waals surface area contributed by atoms with Gasteiger partial charge in [0.15, 0.2) is 0 Å². The Kier molecular flexibility index (Phi) is 5.48. The van der Waals surface area contributed by atoms with Crippen LogP contribution in [0.25, 0.3) is 0 Å². The summed E-state index contributed by atoms with van der Waals surface area (Å²) >= 11 is 5.17. The van der Waals surface area contributed by atoms with Crippen LogP contribution in [0, 0.1) is 6.92 Å². The molecule has 0 bridgehead atoms. The molecule has 0 radical (unpaired) electrons. The summed E-state index contributed by atoms with van der Waals surface area (Å²) in [5.74, 6) is -0.0582. The average molecular weight is 364 g/mol. The molecule has 2 aromatic rings. The lowest BCUT2D eigenvalue weighted by Gasteiger charge is -2.15. The van der Waals surface area contributed by atoms with Crippen LogP contribution in [0.5, 0.6) is 0 Å². The first kappa shape index (κ1) is 16.1. The van der Waals surface area contributed by atoms with Gasteiger partial charge in [0.05, 0.1) is 6.04 Å². The zero-order chi connectivity index (χ0) is 15.4. The molecule has 0 heterocycles. The fourth-order valence-electron chi connectivity index (χ4n) is 1.99. The Morgan fingerprint density at radius 3 is 2.43 bits per heavy atom. The molecule has 1 atom stereocenters. The minimum Gasteiger partial charge on any atom is -0.346 e. The summed E-state index contributed by atoms with van der Waals surface area (Å²) < 4.78 is 0.951.